The van der Waals surface area contributed by atoms with Gasteiger partial charge < -0.3 is 10.3 Å². The molecule has 0 aromatic carbocycles. The Labute approximate surface area is 107 Å². The third kappa shape index (κ3) is 1.51. The molecule has 5 nitrogen and oxygen atoms in total. The summed E-state index contributed by atoms with van der Waals surface area (Å²) in [6.45, 7) is 0. The SMILES string of the molecule is Cn1ncc(-c2onc(N)c2I)c1I. The topological polar surface area (TPSA) is 69.9 Å². The first-order chi connectivity index (χ1) is 6.61. The van der Waals surface area contributed by atoms with Gasteiger partial charge in [-0.15, -0.1) is 0 Å². The van der Waals surface area contributed by atoms with Gasteiger partial charge in [0.2, 0.25) is 0 Å². The second-order valence-corrected chi connectivity index (χ2v) is 4.78. The second-order valence-electron chi connectivity index (χ2n) is 2.68. The second kappa shape index (κ2) is 3.68. The fraction of sp³-hybridized carbons (Fsp3) is 0.143. The highest BCUT2D eigenvalue weighted by Gasteiger charge is 2.17. The van der Waals surface area contributed by atoms with Crippen molar-refractivity contribution < 1.29 is 4.52 Å². The highest BCUT2D eigenvalue weighted by Crippen LogP contribution is 2.31. The molecular formula is C7H6I2N4O. The van der Waals surface area contributed by atoms with Crippen LogP contribution in [0, 0.1) is 7.27 Å². The van der Waals surface area contributed by atoms with E-state index in [2.05, 4.69) is 55.4 Å². The van der Waals surface area contributed by atoms with Crippen molar-refractivity contribution in [3.63, 3.8) is 0 Å². The maximum atomic E-state index is 5.59. The molecule has 0 atom stereocenters. The van der Waals surface area contributed by atoms with Gasteiger partial charge in [-0.05, 0) is 45.2 Å². The third-order valence-electron chi connectivity index (χ3n) is 1.77. The molecule has 0 aliphatic carbocycles. The standard InChI is InChI=1S/C7H6I2N4O/c1-13-6(9)3(2-11-13)5-4(8)7(10)12-14-5/h2H,1H3,(H2,10,12). The molecule has 0 fully saturated rings. The molecule has 0 spiro atoms. The van der Waals surface area contributed by atoms with Crippen LogP contribution in [-0.2, 0) is 7.05 Å². The van der Waals surface area contributed by atoms with Crippen LogP contribution >= 0.6 is 45.2 Å². The minimum absolute atomic E-state index is 0.417. The summed E-state index contributed by atoms with van der Waals surface area (Å²) in [6.07, 6.45) is 1.74. The van der Waals surface area contributed by atoms with Crippen LogP contribution in [0.3, 0.4) is 0 Å². The van der Waals surface area contributed by atoms with E-state index in [0.717, 1.165) is 12.8 Å². The van der Waals surface area contributed by atoms with Gasteiger partial charge in [-0.3, -0.25) is 4.68 Å². The van der Waals surface area contributed by atoms with Gasteiger partial charge in [-0.2, -0.15) is 5.10 Å². The molecule has 0 saturated heterocycles. The van der Waals surface area contributed by atoms with Crippen LogP contribution in [0.4, 0.5) is 5.82 Å². The van der Waals surface area contributed by atoms with Crippen LogP contribution in [0.2, 0.25) is 0 Å². The number of aryl methyl sites for hydroxylation is 1. The Morgan fingerprint density at radius 3 is 2.64 bits per heavy atom. The van der Waals surface area contributed by atoms with Gasteiger partial charge >= 0.3 is 0 Å². The van der Waals surface area contributed by atoms with Crippen LogP contribution in [0.5, 0.6) is 0 Å². The lowest BCUT2D eigenvalue weighted by molar-refractivity contribution is 0.435. The first-order valence-electron chi connectivity index (χ1n) is 3.69. The van der Waals surface area contributed by atoms with E-state index in [1.807, 2.05) is 7.05 Å². The van der Waals surface area contributed by atoms with E-state index in [-0.39, 0.29) is 0 Å². The van der Waals surface area contributed by atoms with E-state index in [0.29, 0.717) is 11.6 Å². The fourth-order valence-electron chi connectivity index (χ4n) is 1.03. The molecule has 0 unspecified atom stereocenters. The van der Waals surface area contributed by atoms with Crippen LogP contribution in [-0.4, -0.2) is 14.9 Å². The fourth-order valence-corrected chi connectivity index (χ4v) is 2.03. The molecule has 2 rings (SSSR count). The summed E-state index contributed by atoms with van der Waals surface area (Å²) in [5.41, 5.74) is 6.51. The van der Waals surface area contributed by atoms with Crippen molar-refractivity contribution in [2.45, 2.75) is 0 Å². The van der Waals surface area contributed by atoms with Crippen LogP contribution in [0.15, 0.2) is 10.7 Å². The van der Waals surface area contributed by atoms with Gasteiger partial charge in [0.05, 0.1) is 11.8 Å². The largest absolute Gasteiger partial charge is 0.380 e. The van der Waals surface area contributed by atoms with Gasteiger partial charge in [-0.1, -0.05) is 5.16 Å². The Kier molecular flexibility index (Phi) is 2.68. The number of rotatable bonds is 1. The predicted molar refractivity (Wildman–Crippen MR) is 68.6 cm³/mol. The molecule has 2 N–H and O–H groups in total. The molecule has 0 bridgehead atoms. The number of aromatic nitrogens is 3. The Morgan fingerprint density at radius 2 is 2.21 bits per heavy atom. The zero-order chi connectivity index (χ0) is 10.3. The summed E-state index contributed by atoms with van der Waals surface area (Å²) in [7, 11) is 1.87. The van der Waals surface area contributed by atoms with E-state index in [4.69, 9.17) is 10.3 Å². The van der Waals surface area contributed by atoms with Crippen molar-refractivity contribution in [1.82, 2.24) is 14.9 Å². The molecule has 74 valence electrons. The molecule has 2 aromatic heterocycles. The number of nitrogen functional groups attached to an aromatic ring is 1. The minimum Gasteiger partial charge on any atom is -0.380 e. The molecule has 2 heterocycles. The van der Waals surface area contributed by atoms with E-state index >= 15 is 0 Å². The monoisotopic (exact) mass is 416 g/mol. The number of hydrogen-bond donors (Lipinski definition) is 1. The van der Waals surface area contributed by atoms with E-state index in [1.165, 1.54) is 0 Å². The minimum atomic E-state index is 0.417. The molecule has 14 heavy (non-hydrogen) atoms. The lowest BCUT2D eigenvalue weighted by Gasteiger charge is -1.94. The number of nitrogens with two attached hydrogens (primary N) is 1. The predicted octanol–water partition coefficient (Wildman–Crippen LogP) is 1.87. The normalized spacial score (nSPS) is 10.8. The molecule has 0 aliphatic rings. The third-order valence-corrected chi connectivity index (χ3v) is 4.09. The number of hydrogen-bond acceptors (Lipinski definition) is 4. The van der Waals surface area contributed by atoms with Gasteiger partial charge in [0.25, 0.3) is 0 Å². The molecule has 0 aliphatic heterocycles. The van der Waals surface area contributed by atoms with Gasteiger partial charge in [0.15, 0.2) is 11.6 Å². The zero-order valence-corrected chi connectivity index (χ0v) is 11.5. The average molecular weight is 416 g/mol. The van der Waals surface area contributed by atoms with E-state index in [9.17, 15) is 0 Å². The van der Waals surface area contributed by atoms with Crippen LogP contribution in [0.1, 0.15) is 0 Å². The Hall–Kier alpha value is -0.320. The van der Waals surface area contributed by atoms with E-state index in [1.54, 1.807) is 10.9 Å². The average Bonchev–Trinajstić information content (AvgIpc) is 2.63. The van der Waals surface area contributed by atoms with E-state index < -0.39 is 0 Å². The van der Waals surface area contributed by atoms with Crippen molar-refractivity contribution in [2.75, 3.05) is 5.73 Å². The van der Waals surface area contributed by atoms with Crippen molar-refractivity contribution in [1.29, 1.82) is 0 Å². The maximum absolute atomic E-state index is 5.59. The van der Waals surface area contributed by atoms with Crippen LogP contribution < -0.4 is 5.73 Å². The molecule has 0 saturated carbocycles. The molecule has 0 amide bonds. The van der Waals surface area contributed by atoms with Crippen LogP contribution in [0.25, 0.3) is 11.3 Å². The van der Waals surface area contributed by atoms with Crippen molar-refractivity contribution in [2.24, 2.45) is 7.05 Å². The number of anilines is 1. The summed E-state index contributed by atoms with van der Waals surface area (Å²) in [5.74, 6) is 1.10. The smallest absolute Gasteiger partial charge is 0.186 e. The highest BCUT2D eigenvalue weighted by atomic mass is 127. The summed E-state index contributed by atoms with van der Waals surface area (Å²) in [4.78, 5) is 0. The maximum Gasteiger partial charge on any atom is 0.186 e. The van der Waals surface area contributed by atoms with Gasteiger partial charge in [-0.25, -0.2) is 0 Å². The molecule has 0 radical (unpaired) electrons. The Bertz CT molecular complexity index is 432. The summed E-state index contributed by atoms with van der Waals surface area (Å²) >= 11 is 4.31. The molecule has 2 aromatic rings. The molecule has 7 heteroatoms. The number of nitrogens with zero attached hydrogens (tertiary/aromatic N) is 3. The van der Waals surface area contributed by atoms with Crippen molar-refractivity contribution in [3.8, 4) is 11.3 Å². The lowest BCUT2D eigenvalue weighted by Crippen LogP contribution is -1.92. The quantitative estimate of drug-likeness (QED) is 0.722. The first kappa shape index (κ1) is 10.2. The molecular weight excluding hydrogens is 410 g/mol. The Balaban J connectivity index is 2.60. The zero-order valence-electron chi connectivity index (χ0n) is 7.16. The first-order valence-corrected chi connectivity index (χ1v) is 5.85. The van der Waals surface area contributed by atoms with Crippen molar-refractivity contribution >= 4 is 51.0 Å². The summed E-state index contributed by atoms with van der Waals surface area (Å²) < 4.78 is 8.73. The summed E-state index contributed by atoms with van der Waals surface area (Å²) in [6, 6.07) is 0. The van der Waals surface area contributed by atoms with Crippen molar-refractivity contribution in [3.05, 3.63) is 13.5 Å². The van der Waals surface area contributed by atoms with Gasteiger partial charge in [0, 0.05) is 7.05 Å². The summed E-state index contributed by atoms with van der Waals surface area (Å²) in [5, 5.41) is 7.82. The highest BCUT2D eigenvalue weighted by molar-refractivity contribution is 14.1. The van der Waals surface area contributed by atoms with Gasteiger partial charge in [0.1, 0.15) is 7.27 Å². The Morgan fingerprint density at radius 1 is 1.50 bits per heavy atom. The lowest BCUT2D eigenvalue weighted by atomic mass is 10.3. The number of halogens is 2.